The largest absolute Gasteiger partial charge is 0.325 e. The van der Waals surface area contributed by atoms with Crippen LogP contribution < -0.4 is 10.2 Å². The summed E-state index contributed by atoms with van der Waals surface area (Å²) >= 11 is 0. The molecule has 112 valence electrons. The summed E-state index contributed by atoms with van der Waals surface area (Å²) in [6, 6.07) is 6.40. The van der Waals surface area contributed by atoms with E-state index < -0.39 is 0 Å². The number of halogens is 1. The molecule has 1 N–H and O–H groups in total. The minimum Gasteiger partial charge on any atom is -0.325 e. The monoisotopic (exact) mass is 288 g/mol. The van der Waals surface area contributed by atoms with E-state index in [0.29, 0.717) is 0 Å². The third-order valence-corrected chi connectivity index (χ3v) is 3.16. The van der Waals surface area contributed by atoms with Crippen LogP contribution >= 0.6 is 0 Å². The molecule has 0 unspecified atom stereocenters. The number of rotatable bonds is 7. The Labute approximate surface area is 125 Å². The van der Waals surface area contributed by atoms with Crippen molar-refractivity contribution in [3.05, 3.63) is 48.2 Å². The van der Waals surface area contributed by atoms with Crippen molar-refractivity contribution in [3.8, 4) is 0 Å². The molecular formula is C16H21FN4. The third-order valence-electron chi connectivity index (χ3n) is 3.16. The van der Waals surface area contributed by atoms with Crippen molar-refractivity contribution in [2.75, 3.05) is 18.0 Å². The van der Waals surface area contributed by atoms with E-state index in [4.69, 9.17) is 0 Å². The lowest BCUT2D eigenvalue weighted by atomic mass is 10.3. The molecule has 0 amide bonds. The number of benzene rings is 1. The zero-order valence-corrected chi connectivity index (χ0v) is 12.5. The summed E-state index contributed by atoms with van der Waals surface area (Å²) in [5, 5.41) is 3.29. The van der Waals surface area contributed by atoms with Crippen LogP contribution in [0.15, 0.2) is 36.7 Å². The molecule has 0 radical (unpaired) electrons. The molecule has 0 aliphatic carbocycles. The Morgan fingerprint density at radius 3 is 2.43 bits per heavy atom. The smallest absolute Gasteiger partial charge is 0.151 e. The van der Waals surface area contributed by atoms with E-state index in [0.717, 1.165) is 43.3 Å². The Morgan fingerprint density at radius 2 is 1.86 bits per heavy atom. The van der Waals surface area contributed by atoms with Gasteiger partial charge in [0.05, 0.1) is 18.1 Å². The molecule has 0 fully saturated rings. The van der Waals surface area contributed by atoms with Crippen LogP contribution in [0.2, 0.25) is 0 Å². The molecule has 0 spiro atoms. The second kappa shape index (κ2) is 7.69. The first-order valence-corrected chi connectivity index (χ1v) is 7.29. The van der Waals surface area contributed by atoms with Gasteiger partial charge in [0.1, 0.15) is 5.82 Å². The molecule has 4 nitrogen and oxygen atoms in total. The molecule has 0 saturated heterocycles. The molecule has 0 saturated carbocycles. The highest BCUT2D eigenvalue weighted by Gasteiger charge is 2.09. The van der Waals surface area contributed by atoms with Crippen LogP contribution in [0, 0.1) is 5.82 Å². The van der Waals surface area contributed by atoms with Gasteiger partial charge in [-0.05, 0) is 44.2 Å². The molecule has 1 aromatic carbocycles. The third kappa shape index (κ3) is 4.23. The zero-order valence-electron chi connectivity index (χ0n) is 12.5. The Morgan fingerprint density at radius 1 is 1.10 bits per heavy atom. The fourth-order valence-corrected chi connectivity index (χ4v) is 2.07. The number of nitrogens with one attached hydrogen (secondary N) is 1. The molecule has 0 atom stereocenters. The maximum absolute atomic E-state index is 13.0. The molecule has 2 aromatic rings. The number of anilines is 2. The predicted octanol–water partition coefficient (Wildman–Crippen LogP) is 3.27. The van der Waals surface area contributed by atoms with E-state index in [1.54, 1.807) is 24.5 Å². The minimum absolute atomic E-state index is 0.238. The summed E-state index contributed by atoms with van der Waals surface area (Å²) in [6.07, 6.45) is 4.64. The normalized spacial score (nSPS) is 10.6. The van der Waals surface area contributed by atoms with Crippen molar-refractivity contribution < 1.29 is 4.39 Å². The van der Waals surface area contributed by atoms with Crippen LogP contribution in [0.4, 0.5) is 15.9 Å². The maximum atomic E-state index is 13.0. The van der Waals surface area contributed by atoms with E-state index in [9.17, 15) is 4.39 Å². The highest BCUT2D eigenvalue weighted by atomic mass is 19.1. The lowest BCUT2D eigenvalue weighted by Gasteiger charge is -2.21. The lowest BCUT2D eigenvalue weighted by molar-refractivity contribution is 0.627. The van der Waals surface area contributed by atoms with E-state index in [1.165, 1.54) is 12.1 Å². The van der Waals surface area contributed by atoms with Crippen molar-refractivity contribution in [1.29, 1.82) is 0 Å². The van der Waals surface area contributed by atoms with Gasteiger partial charge in [0.25, 0.3) is 0 Å². The highest BCUT2D eigenvalue weighted by Crippen LogP contribution is 2.22. The first-order valence-electron chi connectivity index (χ1n) is 7.29. The average molecular weight is 288 g/mol. The van der Waals surface area contributed by atoms with Crippen molar-refractivity contribution in [3.63, 3.8) is 0 Å². The fraction of sp³-hybridized carbons (Fsp3) is 0.375. The molecule has 1 aromatic heterocycles. The molecule has 0 bridgehead atoms. The second-order valence-electron chi connectivity index (χ2n) is 4.76. The summed E-state index contributed by atoms with van der Waals surface area (Å²) < 4.78 is 13.0. The Bertz CT molecular complexity index is 539. The summed E-state index contributed by atoms with van der Waals surface area (Å²) in [5.41, 5.74) is 1.83. The predicted molar refractivity (Wildman–Crippen MR) is 83.1 cm³/mol. The van der Waals surface area contributed by atoms with Gasteiger partial charge in [0.2, 0.25) is 0 Å². The second-order valence-corrected chi connectivity index (χ2v) is 4.76. The maximum Gasteiger partial charge on any atom is 0.151 e. The van der Waals surface area contributed by atoms with E-state index in [1.807, 2.05) is 11.8 Å². The van der Waals surface area contributed by atoms with Crippen LogP contribution in [0.25, 0.3) is 0 Å². The van der Waals surface area contributed by atoms with Gasteiger partial charge in [-0.3, -0.25) is 4.98 Å². The van der Waals surface area contributed by atoms with Gasteiger partial charge in [-0.2, -0.15) is 0 Å². The van der Waals surface area contributed by atoms with E-state index in [2.05, 4.69) is 22.2 Å². The van der Waals surface area contributed by atoms with Gasteiger partial charge in [0.15, 0.2) is 5.82 Å². The molecule has 5 heteroatoms. The van der Waals surface area contributed by atoms with Crippen LogP contribution in [0.5, 0.6) is 0 Å². The molecule has 1 heterocycles. The molecule has 0 aliphatic heterocycles. The van der Waals surface area contributed by atoms with Crippen molar-refractivity contribution in [2.24, 2.45) is 0 Å². The van der Waals surface area contributed by atoms with Crippen LogP contribution in [0.1, 0.15) is 26.0 Å². The summed E-state index contributed by atoms with van der Waals surface area (Å²) in [5.74, 6) is 0.529. The van der Waals surface area contributed by atoms with Crippen LogP contribution in [-0.4, -0.2) is 23.1 Å². The Balaban J connectivity index is 2.09. The number of hydrogen-bond acceptors (Lipinski definition) is 4. The lowest BCUT2D eigenvalue weighted by Crippen LogP contribution is -2.19. The van der Waals surface area contributed by atoms with Crippen molar-refractivity contribution in [1.82, 2.24) is 15.3 Å². The summed E-state index contributed by atoms with van der Waals surface area (Å²) in [7, 11) is 0. The average Bonchev–Trinajstić information content (AvgIpc) is 2.52. The molecule has 21 heavy (non-hydrogen) atoms. The van der Waals surface area contributed by atoms with Gasteiger partial charge in [0, 0.05) is 18.8 Å². The standard InChI is InChI=1S/C16H21FN4/c1-3-9-18-10-14-11-20-16(12-19-14)21(4-2)15-7-5-13(17)6-8-15/h5-8,11-12,18H,3-4,9-10H2,1-2H3. The van der Waals surface area contributed by atoms with Gasteiger partial charge < -0.3 is 10.2 Å². The molecule has 2 rings (SSSR count). The van der Waals surface area contributed by atoms with Crippen molar-refractivity contribution in [2.45, 2.75) is 26.8 Å². The van der Waals surface area contributed by atoms with Crippen molar-refractivity contribution >= 4 is 11.5 Å². The molecular weight excluding hydrogens is 267 g/mol. The van der Waals surface area contributed by atoms with Gasteiger partial charge in [-0.1, -0.05) is 6.92 Å². The fourth-order valence-electron chi connectivity index (χ4n) is 2.07. The number of aromatic nitrogens is 2. The number of hydrogen-bond donors (Lipinski definition) is 1. The first-order chi connectivity index (χ1) is 10.2. The quantitative estimate of drug-likeness (QED) is 0.794. The SMILES string of the molecule is CCCNCc1cnc(N(CC)c2ccc(F)cc2)cn1. The number of nitrogens with zero attached hydrogens (tertiary/aromatic N) is 3. The van der Waals surface area contributed by atoms with Gasteiger partial charge in [-0.25, -0.2) is 9.37 Å². The summed E-state index contributed by atoms with van der Waals surface area (Å²) in [6.45, 7) is 6.60. The van der Waals surface area contributed by atoms with Crippen LogP contribution in [-0.2, 0) is 6.54 Å². The minimum atomic E-state index is -0.238. The highest BCUT2D eigenvalue weighted by molar-refractivity contribution is 5.58. The van der Waals surface area contributed by atoms with Gasteiger partial charge >= 0.3 is 0 Å². The Hall–Kier alpha value is -2.01. The first kappa shape index (κ1) is 15.4. The van der Waals surface area contributed by atoms with Crippen LogP contribution in [0.3, 0.4) is 0 Å². The van der Waals surface area contributed by atoms with Gasteiger partial charge in [-0.15, -0.1) is 0 Å². The molecule has 0 aliphatic rings. The van der Waals surface area contributed by atoms with E-state index >= 15 is 0 Å². The van der Waals surface area contributed by atoms with E-state index in [-0.39, 0.29) is 5.82 Å². The zero-order chi connectivity index (χ0) is 15.1. The Kier molecular flexibility index (Phi) is 5.63. The topological polar surface area (TPSA) is 41.1 Å². The summed E-state index contributed by atoms with van der Waals surface area (Å²) in [4.78, 5) is 10.9.